The van der Waals surface area contributed by atoms with Gasteiger partial charge >= 0.3 is 5.97 Å². The molecule has 0 unspecified atom stereocenters. The van der Waals surface area contributed by atoms with Gasteiger partial charge in [-0.1, -0.05) is 42.5 Å². The number of aromatic amines is 1. The molecule has 0 fully saturated rings. The van der Waals surface area contributed by atoms with Crippen molar-refractivity contribution in [3.05, 3.63) is 58.6 Å². The number of H-pyrrole nitrogens is 1. The molecule has 2 aromatic carbocycles. The molecule has 3 rings (SSSR count). The summed E-state index contributed by atoms with van der Waals surface area (Å²) in [5.41, 5.74) is 3.91. The van der Waals surface area contributed by atoms with Crippen LogP contribution in [0, 0.1) is 0 Å². The van der Waals surface area contributed by atoms with Crippen LogP contribution < -0.4 is 0 Å². The Hall–Kier alpha value is -2.07. The number of fused-ring (bicyclic) bond motifs is 1. The average molecular weight is 330 g/mol. The fourth-order valence-electron chi connectivity index (χ4n) is 2.27. The Morgan fingerprint density at radius 1 is 1.10 bits per heavy atom. The summed E-state index contributed by atoms with van der Waals surface area (Å²) < 4.78 is 1.03. The van der Waals surface area contributed by atoms with Gasteiger partial charge in [0.05, 0.1) is 16.6 Å². The van der Waals surface area contributed by atoms with Crippen molar-refractivity contribution in [3.8, 4) is 11.3 Å². The summed E-state index contributed by atoms with van der Waals surface area (Å²) in [6.07, 6.45) is 0.0498. The normalized spacial score (nSPS) is 10.8. The molecule has 3 nitrogen and oxygen atoms in total. The minimum Gasteiger partial charge on any atom is -0.481 e. The lowest BCUT2D eigenvalue weighted by molar-refractivity contribution is -0.136. The van der Waals surface area contributed by atoms with Gasteiger partial charge in [-0.15, -0.1) is 0 Å². The molecule has 0 spiro atoms. The van der Waals surface area contributed by atoms with Crippen LogP contribution in [0.3, 0.4) is 0 Å². The van der Waals surface area contributed by atoms with E-state index in [1.54, 1.807) is 0 Å². The molecule has 20 heavy (non-hydrogen) atoms. The molecule has 0 aliphatic rings. The Morgan fingerprint density at radius 2 is 1.80 bits per heavy atom. The maximum atomic E-state index is 10.7. The molecule has 4 heteroatoms. The number of carbonyl (C=O) groups is 1. The van der Waals surface area contributed by atoms with Gasteiger partial charge < -0.3 is 10.1 Å². The second kappa shape index (κ2) is 5.13. The molecule has 100 valence electrons. The minimum atomic E-state index is -0.815. The third-order valence-electron chi connectivity index (χ3n) is 3.24. The monoisotopic (exact) mass is 329 g/mol. The first-order valence-corrected chi connectivity index (χ1v) is 7.02. The van der Waals surface area contributed by atoms with Gasteiger partial charge in [0.2, 0.25) is 0 Å². The van der Waals surface area contributed by atoms with Gasteiger partial charge in [-0.3, -0.25) is 4.79 Å². The van der Waals surface area contributed by atoms with Crippen molar-refractivity contribution in [3.63, 3.8) is 0 Å². The van der Waals surface area contributed by atoms with Gasteiger partial charge in [-0.2, -0.15) is 0 Å². The molecule has 0 saturated heterocycles. The average Bonchev–Trinajstić information content (AvgIpc) is 2.77. The minimum absolute atomic E-state index is 0.0498. The van der Waals surface area contributed by atoms with Crippen molar-refractivity contribution in [2.45, 2.75) is 6.42 Å². The number of carboxylic acids is 1. The molecule has 0 radical (unpaired) electrons. The third kappa shape index (κ3) is 2.34. The zero-order valence-corrected chi connectivity index (χ0v) is 12.1. The summed E-state index contributed by atoms with van der Waals surface area (Å²) >= 11 is 3.62. The summed E-state index contributed by atoms with van der Waals surface area (Å²) in [5.74, 6) is -0.815. The fraction of sp³-hybridized carbons (Fsp3) is 0.0625. The first kappa shape index (κ1) is 12.9. The second-order valence-electron chi connectivity index (χ2n) is 4.63. The highest BCUT2D eigenvalue weighted by atomic mass is 79.9. The van der Waals surface area contributed by atoms with Crippen LogP contribution in [0.4, 0.5) is 0 Å². The van der Waals surface area contributed by atoms with E-state index in [1.807, 2.05) is 42.5 Å². The maximum Gasteiger partial charge on any atom is 0.307 e. The summed E-state index contributed by atoms with van der Waals surface area (Å²) in [6.45, 7) is 0. The SMILES string of the molecule is O=C(O)Cc1ccc(-c2[nH]c3ccccc3c2Br)cc1. The molecule has 0 aliphatic carbocycles. The summed E-state index contributed by atoms with van der Waals surface area (Å²) in [5, 5.41) is 9.92. The van der Waals surface area contributed by atoms with Crippen molar-refractivity contribution < 1.29 is 9.90 Å². The van der Waals surface area contributed by atoms with Crippen molar-refractivity contribution in [1.82, 2.24) is 4.98 Å². The number of halogens is 1. The lowest BCUT2D eigenvalue weighted by atomic mass is 10.1. The zero-order chi connectivity index (χ0) is 14.1. The standard InChI is InChI=1S/C16H12BrNO2/c17-15-12-3-1-2-4-13(12)18-16(15)11-7-5-10(6-8-11)9-14(19)20/h1-8,18H,9H2,(H,19,20). The summed E-state index contributed by atoms with van der Waals surface area (Å²) in [7, 11) is 0. The lowest BCUT2D eigenvalue weighted by Gasteiger charge is -2.02. The molecule has 0 bridgehead atoms. The van der Waals surface area contributed by atoms with Crippen LogP contribution in [0.5, 0.6) is 0 Å². The van der Waals surface area contributed by atoms with E-state index in [0.29, 0.717) is 0 Å². The Kier molecular flexibility index (Phi) is 3.32. The highest BCUT2D eigenvalue weighted by Gasteiger charge is 2.10. The van der Waals surface area contributed by atoms with Crippen LogP contribution in [-0.2, 0) is 11.2 Å². The number of carboxylic acid groups (broad SMARTS) is 1. The van der Waals surface area contributed by atoms with Crippen LogP contribution in [0.25, 0.3) is 22.2 Å². The molecular weight excluding hydrogens is 318 g/mol. The number of nitrogens with one attached hydrogen (secondary N) is 1. The molecule has 2 N–H and O–H groups in total. The van der Waals surface area contributed by atoms with Crippen LogP contribution in [0.2, 0.25) is 0 Å². The second-order valence-corrected chi connectivity index (χ2v) is 5.42. The van der Waals surface area contributed by atoms with E-state index in [-0.39, 0.29) is 6.42 Å². The Labute approximate surface area is 124 Å². The van der Waals surface area contributed by atoms with Crippen molar-refractivity contribution >= 4 is 32.8 Å². The van der Waals surface area contributed by atoms with Gasteiger partial charge in [0.25, 0.3) is 0 Å². The van der Waals surface area contributed by atoms with E-state index in [4.69, 9.17) is 5.11 Å². The molecule has 3 aromatic rings. The number of hydrogen-bond acceptors (Lipinski definition) is 1. The summed E-state index contributed by atoms with van der Waals surface area (Å²) in [4.78, 5) is 14.1. The first-order valence-electron chi connectivity index (χ1n) is 6.22. The van der Waals surface area contributed by atoms with E-state index in [0.717, 1.165) is 32.2 Å². The highest BCUT2D eigenvalue weighted by molar-refractivity contribution is 9.10. The molecule has 0 saturated carbocycles. The van der Waals surface area contributed by atoms with E-state index in [2.05, 4.69) is 27.0 Å². The zero-order valence-electron chi connectivity index (χ0n) is 10.6. The molecule has 1 aromatic heterocycles. The maximum absolute atomic E-state index is 10.7. The number of hydrogen-bond donors (Lipinski definition) is 2. The van der Waals surface area contributed by atoms with E-state index in [9.17, 15) is 4.79 Å². The van der Waals surface area contributed by atoms with Gasteiger partial charge in [-0.25, -0.2) is 0 Å². The number of benzene rings is 2. The molecule has 0 aliphatic heterocycles. The topological polar surface area (TPSA) is 53.1 Å². The largest absolute Gasteiger partial charge is 0.481 e. The Bertz CT molecular complexity index is 775. The van der Waals surface area contributed by atoms with E-state index < -0.39 is 5.97 Å². The van der Waals surface area contributed by atoms with Gasteiger partial charge in [0.15, 0.2) is 0 Å². The number of aromatic nitrogens is 1. The van der Waals surface area contributed by atoms with Crippen LogP contribution in [0.15, 0.2) is 53.0 Å². The van der Waals surface area contributed by atoms with Gasteiger partial charge in [-0.05, 0) is 33.1 Å². The number of aliphatic carboxylic acids is 1. The predicted molar refractivity (Wildman–Crippen MR) is 82.8 cm³/mol. The van der Waals surface area contributed by atoms with E-state index in [1.165, 1.54) is 0 Å². The molecule has 1 heterocycles. The quantitative estimate of drug-likeness (QED) is 0.755. The molecule has 0 atom stereocenters. The van der Waals surface area contributed by atoms with Crippen molar-refractivity contribution in [2.24, 2.45) is 0 Å². The highest BCUT2D eigenvalue weighted by Crippen LogP contribution is 2.34. The summed E-state index contributed by atoms with van der Waals surface area (Å²) in [6, 6.07) is 15.6. The van der Waals surface area contributed by atoms with Crippen molar-refractivity contribution in [2.75, 3.05) is 0 Å². The molecule has 0 amide bonds. The van der Waals surface area contributed by atoms with Crippen LogP contribution in [-0.4, -0.2) is 16.1 Å². The fourth-order valence-corrected chi connectivity index (χ4v) is 2.94. The first-order chi connectivity index (χ1) is 9.65. The Balaban J connectivity index is 2.02. The molecular formula is C16H12BrNO2. The third-order valence-corrected chi connectivity index (χ3v) is 4.06. The van der Waals surface area contributed by atoms with Crippen molar-refractivity contribution in [1.29, 1.82) is 0 Å². The number of rotatable bonds is 3. The van der Waals surface area contributed by atoms with Crippen LogP contribution >= 0.6 is 15.9 Å². The van der Waals surface area contributed by atoms with E-state index >= 15 is 0 Å². The lowest BCUT2D eigenvalue weighted by Crippen LogP contribution is -1.99. The van der Waals surface area contributed by atoms with Crippen LogP contribution in [0.1, 0.15) is 5.56 Å². The smallest absolute Gasteiger partial charge is 0.307 e. The van der Waals surface area contributed by atoms with Gasteiger partial charge in [0.1, 0.15) is 0 Å². The Morgan fingerprint density at radius 3 is 2.45 bits per heavy atom. The predicted octanol–water partition coefficient (Wildman–Crippen LogP) is 4.22. The number of para-hydroxylation sites is 1. The van der Waals surface area contributed by atoms with Gasteiger partial charge in [0, 0.05) is 10.9 Å².